The number of rotatable bonds is 7. The largest absolute Gasteiger partial charge is 0.329 e. The van der Waals surface area contributed by atoms with Crippen LogP contribution in [0.3, 0.4) is 0 Å². The Balaban J connectivity index is 2.74. The van der Waals surface area contributed by atoms with Crippen molar-refractivity contribution in [3.05, 3.63) is 0 Å². The van der Waals surface area contributed by atoms with Gasteiger partial charge in [0.2, 0.25) is 0 Å². The van der Waals surface area contributed by atoms with Crippen LogP contribution in [-0.4, -0.2) is 54.1 Å². The first-order valence-corrected chi connectivity index (χ1v) is 7.82. The highest BCUT2D eigenvalue weighted by Crippen LogP contribution is 2.28. The molecule has 1 saturated heterocycles. The quantitative estimate of drug-likeness (QED) is 0.758. The van der Waals surface area contributed by atoms with Crippen LogP contribution in [0.4, 0.5) is 0 Å². The molecular formula is C15H33N3. The van der Waals surface area contributed by atoms with Crippen molar-refractivity contribution in [1.82, 2.24) is 9.80 Å². The van der Waals surface area contributed by atoms with Crippen molar-refractivity contribution in [2.45, 2.75) is 65.0 Å². The molecule has 1 fully saturated rings. The molecule has 0 aliphatic carbocycles. The molecule has 1 aliphatic heterocycles. The summed E-state index contributed by atoms with van der Waals surface area (Å²) in [5.74, 6) is 0. The Morgan fingerprint density at radius 1 is 1.11 bits per heavy atom. The van der Waals surface area contributed by atoms with Gasteiger partial charge in [-0.1, -0.05) is 33.6 Å². The van der Waals surface area contributed by atoms with Crippen LogP contribution in [0.25, 0.3) is 0 Å². The van der Waals surface area contributed by atoms with E-state index in [1.165, 1.54) is 51.9 Å². The summed E-state index contributed by atoms with van der Waals surface area (Å²) in [6.07, 6.45) is 4.96. The fourth-order valence-electron chi connectivity index (χ4n) is 3.60. The summed E-state index contributed by atoms with van der Waals surface area (Å²) in [5, 5.41) is 0. The Morgan fingerprint density at radius 2 is 1.72 bits per heavy atom. The molecular weight excluding hydrogens is 222 g/mol. The average molecular weight is 255 g/mol. The van der Waals surface area contributed by atoms with E-state index in [9.17, 15) is 0 Å². The Hall–Kier alpha value is -0.120. The lowest BCUT2D eigenvalue weighted by atomic mass is 9.85. The highest BCUT2D eigenvalue weighted by molar-refractivity contribution is 4.95. The average Bonchev–Trinajstić information content (AvgIpc) is 2.38. The predicted molar refractivity (Wildman–Crippen MR) is 79.9 cm³/mol. The molecule has 1 unspecified atom stereocenters. The van der Waals surface area contributed by atoms with Crippen LogP contribution in [0.5, 0.6) is 0 Å². The van der Waals surface area contributed by atoms with Crippen LogP contribution in [0.15, 0.2) is 0 Å². The summed E-state index contributed by atoms with van der Waals surface area (Å²) >= 11 is 0. The SMILES string of the molecule is CCCC(CN)(CCC)N1CCN(CC)C(C)C1. The van der Waals surface area contributed by atoms with E-state index in [0.29, 0.717) is 6.04 Å². The summed E-state index contributed by atoms with van der Waals surface area (Å²) in [6.45, 7) is 14.7. The number of hydrogen-bond acceptors (Lipinski definition) is 3. The van der Waals surface area contributed by atoms with Crippen molar-refractivity contribution >= 4 is 0 Å². The molecule has 18 heavy (non-hydrogen) atoms. The van der Waals surface area contributed by atoms with Gasteiger partial charge in [0, 0.05) is 37.8 Å². The number of hydrogen-bond donors (Lipinski definition) is 1. The minimum atomic E-state index is 0.261. The second-order valence-corrected chi connectivity index (χ2v) is 5.85. The van der Waals surface area contributed by atoms with Crippen molar-refractivity contribution < 1.29 is 0 Å². The molecule has 0 aromatic heterocycles. The molecule has 2 N–H and O–H groups in total. The zero-order valence-electron chi connectivity index (χ0n) is 12.9. The first-order valence-electron chi connectivity index (χ1n) is 7.82. The molecule has 3 heteroatoms. The van der Waals surface area contributed by atoms with E-state index in [4.69, 9.17) is 5.73 Å². The van der Waals surface area contributed by atoms with E-state index < -0.39 is 0 Å². The maximum Gasteiger partial charge on any atom is 0.0332 e. The summed E-state index contributed by atoms with van der Waals surface area (Å²) in [5.41, 5.74) is 6.43. The third-order valence-corrected chi connectivity index (χ3v) is 4.65. The first-order chi connectivity index (χ1) is 8.63. The van der Waals surface area contributed by atoms with E-state index in [-0.39, 0.29) is 5.54 Å². The standard InChI is InChI=1S/C15H33N3/c1-5-8-15(13-16,9-6-2)18-11-10-17(7-3)14(4)12-18/h14H,5-13,16H2,1-4H3. The highest BCUT2D eigenvalue weighted by Gasteiger charge is 2.37. The Labute approximate surface area is 114 Å². The van der Waals surface area contributed by atoms with Crippen LogP contribution in [0.2, 0.25) is 0 Å². The third kappa shape index (κ3) is 3.46. The lowest BCUT2D eigenvalue weighted by Gasteiger charge is -2.50. The van der Waals surface area contributed by atoms with Crippen LogP contribution < -0.4 is 5.73 Å². The second-order valence-electron chi connectivity index (χ2n) is 5.85. The molecule has 1 atom stereocenters. The molecule has 3 nitrogen and oxygen atoms in total. The van der Waals surface area contributed by atoms with Crippen LogP contribution >= 0.6 is 0 Å². The number of likely N-dealkylation sites (N-methyl/N-ethyl adjacent to an activating group) is 1. The Morgan fingerprint density at radius 3 is 2.11 bits per heavy atom. The van der Waals surface area contributed by atoms with E-state index in [1.54, 1.807) is 0 Å². The molecule has 0 aromatic rings. The molecule has 1 heterocycles. The van der Waals surface area contributed by atoms with E-state index in [1.807, 2.05) is 0 Å². The zero-order chi connectivity index (χ0) is 13.6. The summed E-state index contributed by atoms with van der Waals surface area (Å²) in [7, 11) is 0. The number of piperazine rings is 1. The lowest BCUT2D eigenvalue weighted by Crippen LogP contribution is -2.62. The highest BCUT2D eigenvalue weighted by atomic mass is 15.3. The monoisotopic (exact) mass is 255 g/mol. The first kappa shape index (κ1) is 15.9. The van der Waals surface area contributed by atoms with Gasteiger partial charge in [0.15, 0.2) is 0 Å². The van der Waals surface area contributed by atoms with Gasteiger partial charge in [-0.25, -0.2) is 0 Å². The van der Waals surface area contributed by atoms with Crippen LogP contribution in [0, 0.1) is 0 Å². The van der Waals surface area contributed by atoms with Gasteiger partial charge in [0.1, 0.15) is 0 Å². The topological polar surface area (TPSA) is 32.5 Å². The number of nitrogens with two attached hydrogens (primary N) is 1. The number of nitrogens with zero attached hydrogens (tertiary/aromatic N) is 2. The molecule has 108 valence electrons. The molecule has 1 rings (SSSR count). The van der Waals surface area contributed by atoms with E-state index >= 15 is 0 Å². The Bertz CT molecular complexity index is 224. The van der Waals surface area contributed by atoms with Gasteiger partial charge in [0.25, 0.3) is 0 Å². The molecule has 1 aliphatic rings. The van der Waals surface area contributed by atoms with Gasteiger partial charge in [-0.2, -0.15) is 0 Å². The Kier molecular flexibility index (Phi) is 6.61. The van der Waals surface area contributed by atoms with Gasteiger partial charge in [-0.3, -0.25) is 9.80 Å². The summed E-state index contributed by atoms with van der Waals surface area (Å²) < 4.78 is 0. The van der Waals surface area contributed by atoms with Gasteiger partial charge in [-0.15, -0.1) is 0 Å². The van der Waals surface area contributed by atoms with Crippen molar-refractivity contribution in [3.63, 3.8) is 0 Å². The molecule has 0 amide bonds. The zero-order valence-corrected chi connectivity index (χ0v) is 12.9. The fourth-order valence-corrected chi connectivity index (χ4v) is 3.60. The fraction of sp³-hybridized carbons (Fsp3) is 1.00. The van der Waals surface area contributed by atoms with Crippen LogP contribution in [-0.2, 0) is 0 Å². The molecule has 0 aromatic carbocycles. The third-order valence-electron chi connectivity index (χ3n) is 4.65. The van der Waals surface area contributed by atoms with Crippen molar-refractivity contribution in [1.29, 1.82) is 0 Å². The summed E-state index contributed by atoms with van der Waals surface area (Å²) in [6, 6.07) is 0.670. The van der Waals surface area contributed by atoms with Crippen molar-refractivity contribution in [3.8, 4) is 0 Å². The molecule has 0 spiro atoms. The van der Waals surface area contributed by atoms with Gasteiger partial charge >= 0.3 is 0 Å². The van der Waals surface area contributed by atoms with Crippen molar-refractivity contribution in [2.24, 2.45) is 5.73 Å². The van der Waals surface area contributed by atoms with Crippen LogP contribution in [0.1, 0.15) is 53.4 Å². The predicted octanol–water partition coefficient (Wildman–Crippen LogP) is 2.31. The van der Waals surface area contributed by atoms with E-state index in [0.717, 1.165) is 6.54 Å². The molecule has 0 saturated carbocycles. The molecule has 0 bridgehead atoms. The molecule has 0 radical (unpaired) electrons. The van der Waals surface area contributed by atoms with Gasteiger partial charge in [-0.05, 0) is 26.3 Å². The minimum absolute atomic E-state index is 0.261. The van der Waals surface area contributed by atoms with E-state index in [2.05, 4.69) is 37.5 Å². The van der Waals surface area contributed by atoms with Crippen molar-refractivity contribution in [2.75, 3.05) is 32.7 Å². The summed E-state index contributed by atoms with van der Waals surface area (Å²) in [4.78, 5) is 5.27. The smallest absolute Gasteiger partial charge is 0.0332 e. The lowest BCUT2D eigenvalue weighted by molar-refractivity contribution is 0.000217. The maximum atomic E-state index is 6.17. The maximum absolute atomic E-state index is 6.17. The minimum Gasteiger partial charge on any atom is -0.329 e. The normalized spacial score (nSPS) is 23.5. The second kappa shape index (κ2) is 7.46. The van der Waals surface area contributed by atoms with Gasteiger partial charge in [0.05, 0.1) is 0 Å². The van der Waals surface area contributed by atoms with Gasteiger partial charge < -0.3 is 5.73 Å².